The molecule has 168 valence electrons. The van der Waals surface area contributed by atoms with Crippen LogP contribution in [0.15, 0.2) is 24.7 Å². The SMILES string of the molecule is Cc1cncc([C@@H]2CCON2C(=O)[C@H]2CC[C@H](Cc3cc(C)c4nc(C)nn4c3)CC2)n1. The summed E-state index contributed by atoms with van der Waals surface area (Å²) in [6, 6.07) is 2.10. The fraction of sp³-hybridized carbons (Fsp3) is 0.542. The zero-order valence-corrected chi connectivity index (χ0v) is 19.0. The van der Waals surface area contributed by atoms with E-state index in [-0.39, 0.29) is 17.9 Å². The largest absolute Gasteiger partial charge is 0.272 e. The van der Waals surface area contributed by atoms with Crippen molar-refractivity contribution in [2.45, 2.75) is 65.3 Å². The monoisotopic (exact) mass is 434 g/mol. The first-order valence-corrected chi connectivity index (χ1v) is 11.5. The van der Waals surface area contributed by atoms with E-state index in [4.69, 9.17) is 4.84 Å². The Morgan fingerprint density at radius 1 is 1.09 bits per heavy atom. The Kier molecular flexibility index (Phi) is 5.63. The molecule has 2 aliphatic rings. The van der Waals surface area contributed by atoms with E-state index in [2.05, 4.69) is 39.2 Å². The molecule has 0 radical (unpaired) electrons. The van der Waals surface area contributed by atoms with Gasteiger partial charge in [0.1, 0.15) is 11.9 Å². The number of rotatable bonds is 4. The maximum atomic E-state index is 13.3. The summed E-state index contributed by atoms with van der Waals surface area (Å²) in [5.74, 6) is 1.50. The van der Waals surface area contributed by atoms with E-state index in [0.717, 1.165) is 66.9 Å². The van der Waals surface area contributed by atoms with Crippen molar-refractivity contribution in [3.8, 4) is 0 Å². The van der Waals surface area contributed by atoms with E-state index in [9.17, 15) is 4.79 Å². The fourth-order valence-corrected chi connectivity index (χ4v) is 5.16. The number of aryl methyl sites for hydroxylation is 3. The van der Waals surface area contributed by atoms with Crippen LogP contribution in [-0.2, 0) is 16.1 Å². The molecule has 32 heavy (non-hydrogen) atoms. The molecule has 1 aliphatic heterocycles. The van der Waals surface area contributed by atoms with Gasteiger partial charge < -0.3 is 0 Å². The molecular formula is C24H30N6O2. The summed E-state index contributed by atoms with van der Waals surface area (Å²) in [4.78, 5) is 32.3. The van der Waals surface area contributed by atoms with Crippen LogP contribution in [-0.4, -0.2) is 42.1 Å². The Bertz CT molecular complexity index is 1130. The smallest absolute Gasteiger partial charge is 0.249 e. The third-order valence-corrected chi connectivity index (χ3v) is 6.74. The van der Waals surface area contributed by atoms with Crippen LogP contribution in [0, 0.1) is 32.6 Å². The molecule has 0 spiro atoms. The van der Waals surface area contributed by atoms with Gasteiger partial charge in [-0.1, -0.05) is 6.07 Å². The van der Waals surface area contributed by atoms with Gasteiger partial charge in [-0.3, -0.25) is 19.6 Å². The highest BCUT2D eigenvalue weighted by atomic mass is 16.7. The number of amides is 1. The molecule has 1 atom stereocenters. The van der Waals surface area contributed by atoms with Crippen molar-refractivity contribution in [1.29, 1.82) is 0 Å². The molecule has 4 heterocycles. The summed E-state index contributed by atoms with van der Waals surface area (Å²) < 4.78 is 1.90. The molecule has 3 aromatic rings. The minimum absolute atomic E-state index is 0.0202. The molecule has 1 aliphatic carbocycles. The highest BCUT2D eigenvalue weighted by Gasteiger charge is 2.38. The van der Waals surface area contributed by atoms with Crippen LogP contribution in [0.4, 0.5) is 0 Å². The number of nitrogens with zero attached hydrogens (tertiary/aromatic N) is 6. The summed E-state index contributed by atoms with van der Waals surface area (Å²) >= 11 is 0. The van der Waals surface area contributed by atoms with Crippen molar-refractivity contribution in [3.63, 3.8) is 0 Å². The second kappa shape index (κ2) is 8.58. The number of hydrogen-bond donors (Lipinski definition) is 0. The number of carbonyl (C=O) groups excluding carboxylic acids is 1. The van der Waals surface area contributed by atoms with Crippen molar-refractivity contribution in [1.82, 2.24) is 29.6 Å². The van der Waals surface area contributed by atoms with Gasteiger partial charge in [0.05, 0.1) is 24.2 Å². The molecule has 8 nitrogen and oxygen atoms in total. The average molecular weight is 435 g/mol. The predicted molar refractivity (Wildman–Crippen MR) is 119 cm³/mol. The molecule has 0 N–H and O–H groups in total. The van der Waals surface area contributed by atoms with E-state index < -0.39 is 0 Å². The van der Waals surface area contributed by atoms with Gasteiger partial charge in [0.15, 0.2) is 5.65 Å². The van der Waals surface area contributed by atoms with Crippen LogP contribution in [0.25, 0.3) is 5.65 Å². The first-order valence-electron chi connectivity index (χ1n) is 11.5. The molecule has 5 rings (SSSR count). The number of carbonyl (C=O) groups is 1. The Labute approximate surface area is 188 Å². The van der Waals surface area contributed by atoms with Crippen LogP contribution in [0.2, 0.25) is 0 Å². The highest BCUT2D eigenvalue weighted by molar-refractivity contribution is 5.78. The van der Waals surface area contributed by atoms with Crippen molar-refractivity contribution >= 4 is 11.6 Å². The number of fused-ring (bicyclic) bond motifs is 1. The van der Waals surface area contributed by atoms with E-state index in [1.54, 1.807) is 17.5 Å². The molecule has 8 heteroatoms. The molecule has 0 bridgehead atoms. The highest BCUT2D eigenvalue weighted by Crippen LogP contribution is 2.36. The van der Waals surface area contributed by atoms with E-state index in [0.29, 0.717) is 12.5 Å². The third kappa shape index (κ3) is 4.11. The van der Waals surface area contributed by atoms with E-state index in [1.807, 2.05) is 18.4 Å². The summed E-state index contributed by atoms with van der Waals surface area (Å²) in [5, 5.41) is 6.06. The topological polar surface area (TPSA) is 85.5 Å². The van der Waals surface area contributed by atoms with Gasteiger partial charge in [-0.05, 0) is 69.9 Å². The third-order valence-electron chi connectivity index (χ3n) is 6.74. The van der Waals surface area contributed by atoms with E-state index in [1.165, 1.54) is 5.56 Å². The van der Waals surface area contributed by atoms with Crippen LogP contribution < -0.4 is 0 Å². The second-order valence-electron chi connectivity index (χ2n) is 9.27. The standard InChI is InChI=1S/C24H30N6O2/c1-15-10-19(14-29-23(15)27-17(3)28-29)11-18-4-6-20(7-5-18)24(31)30-22(8-9-32-30)21-13-25-12-16(2)26-21/h10,12-14,18,20,22H,4-9,11H2,1-3H3/t18-,20-,22-/m0/s1. The van der Waals surface area contributed by atoms with Crippen molar-refractivity contribution in [3.05, 3.63) is 53.0 Å². The maximum Gasteiger partial charge on any atom is 0.249 e. The fourth-order valence-electron chi connectivity index (χ4n) is 5.16. The van der Waals surface area contributed by atoms with E-state index >= 15 is 0 Å². The lowest BCUT2D eigenvalue weighted by molar-refractivity contribution is -0.183. The molecule has 3 aromatic heterocycles. The quantitative estimate of drug-likeness (QED) is 0.622. The predicted octanol–water partition coefficient (Wildman–Crippen LogP) is 3.70. The van der Waals surface area contributed by atoms with Crippen LogP contribution in [0.3, 0.4) is 0 Å². The number of hydroxylamine groups is 2. The average Bonchev–Trinajstić information content (AvgIpc) is 3.40. The molecular weight excluding hydrogens is 404 g/mol. The first kappa shape index (κ1) is 21.0. The van der Waals surface area contributed by atoms with Crippen molar-refractivity contribution in [2.75, 3.05) is 6.61 Å². The van der Waals surface area contributed by atoms with Crippen LogP contribution in [0.1, 0.15) is 66.5 Å². The minimum atomic E-state index is -0.131. The summed E-state index contributed by atoms with van der Waals surface area (Å²) in [6.07, 6.45) is 11.3. The van der Waals surface area contributed by atoms with Crippen molar-refractivity contribution < 1.29 is 9.63 Å². The zero-order chi connectivity index (χ0) is 22.2. The normalized spacial score (nSPS) is 23.7. The Morgan fingerprint density at radius 2 is 1.91 bits per heavy atom. The first-order chi connectivity index (χ1) is 15.5. The number of aromatic nitrogens is 5. The summed E-state index contributed by atoms with van der Waals surface area (Å²) in [7, 11) is 0. The van der Waals surface area contributed by atoms with Crippen LogP contribution >= 0.6 is 0 Å². The van der Waals surface area contributed by atoms with Crippen LogP contribution in [0.5, 0.6) is 0 Å². The summed E-state index contributed by atoms with van der Waals surface area (Å²) in [5.41, 5.74) is 5.05. The summed E-state index contributed by atoms with van der Waals surface area (Å²) in [6.45, 7) is 6.48. The maximum absolute atomic E-state index is 13.3. The minimum Gasteiger partial charge on any atom is -0.272 e. The van der Waals surface area contributed by atoms with Gasteiger partial charge in [-0.2, -0.15) is 5.10 Å². The lowest BCUT2D eigenvalue weighted by Gasteiger charge is -2.31. The zero-order valence-electron chi connectivity index (χ0n) is 19.0. The van der Waals surface area contributed by atoms with Gasteiger partial charge in [0, 0.05) is 24.7 Å². The van der Waals surface area contributed by atoms with Gasteiger partial charge in [-0.15, -0.1) is 0 Å². The second-order valence-corrected chi connectivity index (χ2v) is 9.27. The Morgan fingerprint density at radius 3 is 2.69 bits per heavy atom. The van der Waals surface area contributed by atoms with Gasteiger partial charge >= 0.3 is 0 Å². The number of hydrogen-bond acceptors (Lipinski definition) is 6. The van der Waals surface area contributed by atoms with Crippen molar-refractivity contribution in [2.24, 2.45) is 11.8 Å². The Balaban J connectivity index is 1.21. The number of pyridine rings is 1. The lowest BCUT2D eigenvalue weighted by Crippen LogP contribution is -2.37. The van der Waals surface area contributed by atoms with Gasteiger partial charge in [0.2, 0.25) is 5.91 Å². The molecule has 2 fully saturated rings. The van der Waals surface area contributed by atoms with Gasteiger partial charge in [0.25, 0.3) is 0 Å². The Hall–Kier alpha value is -2.87. The molecule has 1 amide bonds. The molecule has 1 saturated carbocycles. The molecule has 1 saturated heterocycles. The molecule has 0 unspecified atom stereocenters. The van der Waals surface area contributed by atoms with Gasteiger partial charge in [-0.25, -0.2) is 14.6 Å². The molecule has 0 aromatic carbocycles. The lowest BCUT2D eigenvalue weighted by atomic mass is 9.79.